The molecule has 3 aromatic carbocycles. The number of amides is 3. The molecule has 43 heavy (non-hydrogen) atoms. The predicted octanol–water partition coefficient (Wildman–Crippen LogP) is 2.76. The van der Waals surface area contributed by atoms with Gasteiger partial charge in [-0.25, -0.2) is 0 Å². The van der Waals surface area contributed by atoms with Gasteiger partial charge in [0, 0.05) is 19.5 Å². The summed E-state index contributed by atoms with van der Waals surface area (Å²) in [5.41, 5.74) is 17.7. The number of nitrogens with zero attached hydrogens (tertiary/aromatic N) is 1. The van der Waals surface area contributed by atoms with Crippen molar-refractivity contribution in [1.29, 1.82) is 0 Å². The molecule has 1 unspecified atom stereocenters. The highest BCUT2D eigenvalue weighted by atomic mass is 16.3. The number of phenols is 1. The number of nitrogens with one attached hydrogen (secondary N) is 2. The predicted molar refractivity (Wildman–Crippen MR) is 167 cm³/mol. The molecule has 7 N–H and O–H groups in total. The largest absolute Gasteiger partial charge is 0.508 e. The van der Waals surface area contributed by atoms with Gasteiger partial charge in [-0.1, -0.05) is 54.6 Å². The Morgan fingerprint density at radius 2 is 1.63 bits per heavy atom. The highest BCUT2D eigenvalue weighted by molar-refractivity contribution is 5.93. The van der Waals surface area contributed by atoms with Crippen molar-refractivity contribution in [1.82, 2.24) is 15.5 Å². The van der Waals surface area contributed by atoms with Crippen LogP contribution < -0.4 is 22.1 Å². The fourth-order valence-corrected chi connectivity index (χ4v) is 5.74. The van der Waals surface area contributed by atoms with Crippen molar-refractivity contribution in [2.75, 3.05) is 6.54 Å². The lowest BCUT2D eigenvalue weighted by Crippen LogP contribution is -2.59. The number of hydrogen-bond acceptors (Lipinski definition) is 6. The van der Waals surface area contributed by atoms with Crippen molar-refractivity contribution in [3.63, 3.8) is 0 Å². The molecule has 1 aliphatic rings. The van der Waals surface area contributed by atoms with Gasteiger partial charge in [0.2, 0.25) is 17.7 Å². The number of carbonyl (C=O) groups excluding carboxylic acids is 3. The van der Waals surface area contributed by atoms with Gasteiger partial charge in [-0.05, 0) is 91.6 Å². The Hall–Kier alpha value is -4.21. The first-order chi connectivity index (χ1) is 20.7. The third kappa shape index (κ3) is 8.21. The average molecular weight is 586 g/mol. The number of carbonyl (C=O) groups is 3. The molecule has 4 rings (SSSR count). The Balaban J connectivity index is 1.53. The molecular formula is C34H43N5O4. The summed E-state index contributed by atoms with van der Waals surface area (Å²) < 4.78 is 0. The van der Waals surface area contributed by atoms with Crippen LogP contribution >= 0.6 is 0 Å². The van der Waals surface area contributed by atoms with Crippen LogP contribution in [0.2, 0.25) is 0 Å². The number of unbranched alkanes of at least 4 members (excludes halogenated alkanes) is 1. The fraction of sp³-hybridized carbons (Fsp3) is 0.382. The van der Waals surface area contributed by atoms with Gasteiger partial charge in [0.05, 0.1) is 6.04 Å². The summed E-state index contributed by atoms with van der Waals surface area (Å²) in [4.78, 5) is 42.6. The maximum atomic E-state index is 13.9. The highest BCUT2D eigenvalue weighted by Crippen LogP contribution is 2.26. The Morgan fingerprint density at radius 1 is 0.977 bits per heavy atom. The van der Waals surface area contributed by atoms with Crippen LogP contribution in [0.1, 0.15) is 52.6 Å². The zero-order chi connectivity index (χ0) is 30.9. The maximum Gasteiger partial charge on any atom is 0.243 e. The summed E-state index contributed by atoms with van der Waals surface area (Å²) >= 11 is 0. The molecule has 3 atom stereocenters. The minimum Gasteiger partial charge on any atom is -0.508 e. The van der Waals surface area contributed by atoms with Gasteiger partial charge in [-0.3, -0.25) is 14.4 Å². The highest BCUT2D eigenvalue weighted by Gasteiger charge is 2.38. The maximum absolute atomic E-state index is 13.9. The number of fused-ring (bicyclic) bond motifs is 1. The number of hydrogen-bond donors (Lipinski definition) is 5. The second-order valence-corrected chi connectivity index (χ2v) is 11.4. The molecule has 228 valence electrons. The molecule has 1 heterocycles. The molecule has 9 nitrogen and oxygen atoms in total. The van der Waals surface area contributed by atoms with E-state index in [1.54, 1.807) is 17.0 Å². The van der Waals surface area contributed by atoms with Crippen molar-refractivity contribution < 1.29 is 19.5 Å². The zero-order valence-electron chi connectivity index (χ0n) is 25.0. The molecule has 0 spiro atoms. The normalized spacial score (nSPS) is 15.7. The smallest absolute Gasteiger partial charge is 0.243 e. The van der Waals surface area contributed by atoms with Crippen LogP contribution in [0.3, 0.4) is 0 Å². The van der Waals surface area contributed by atoms with E-state index in [0.717, 1.165) is 39.8 Å². The first-order valence-electron chi connectivity index (χ1n) is 14.9. The topological polar surface area (TPSA) is 151 Å². The molecule has 3 amide bonds. The third-order valence-electron chi connectivity index (χ3n) is 8.15. The summed E-state index contributed by atoms with van der Waals surface area (Å²) in [6, 6.07) is 18.1. The molecular weight excluding hydrogens is 542 g/mol. The number of rotatable bonds is 12. The summed E-state index contributed by atoms with van der Waals surface area (Å²) in [7, 11) is 0. The van der Waals surface area contributed by atoms with Crippen LogP contribution in [-0.4, -0.2) is 52.4 Å². The number of nitrogens with two attached hydrogens (primary N) is 2. The van der Waals surface area contributed by atoms with Gasteiger partial charge in [0.1, 0.15) is 17.8 Å². The van der Waals surface area contributed by atoms with Crippen LogP contribution in [0.4, 0.5) is 0 Å². The van der Waals surface area contributed by atoms with Crippen molar-refractivity contribution in [2.45, 2.75) is 77.2 Å². The van der Waals surface area contributed by atoms with Crippen LogP contribution in [0.25, 0.3) is 0 Å². The van der Waals surface area contributed by atoms with Gasteiger partial charge in [0.15, 0.2) is 0 Å². The van der Waals surface area contributed by atoms with Crippen molar-refractivity contribution in [2.24, 2.45) is 11.5 Å². The number of benzene rings is 3. The molecule has 0 fully saturated rings. The van der Waals surface area contributed by atoms with E-state index in [9.17, 15) is 19.5 Å². The summed E-state index contributed by atoms with van der Waals surface area (Å²) in [5, 5.41) is 15.8. The Kier molecular flexibility index (Phi) is 10.9. The molecule has 0 aliphatic carbocycles. The van der Waals surface area contributed by atoms with Crippen LogP contribution in [0, 0.1) is 13.8 Å². The van der Waals surface area contributed by atoms with E-state index < -0.39 is 18.1 Å². The monoisotopic (exact) mass is 585 g/mol. The van der Waals surface area contributed by atoms with E-state index >= 15 is 0 Å². The van der Waals surface area contributed by atoms with E-state index in [1.165, 1.54) is 0 Å². The lowest BCUT2D eigenvalue weighted by atomic mass is 9.91. The second kappa shape index (κ2) is 14.8. The molecule has 0 aromatic heterocycles. The van der Waals surface area contributed by atoms with Gasteiger partial charge >= 0.3 is 0 Å². The SMILES string of the molecule is Cc1cc(O)cc(C)c1C[C@H](N)C(=O)N1Cc2ccccc2CC1C(=O)N[C@@H](CCCCN)C(=O)NCc1ccccc1. The molecule has 1 aliphatic heterocycles. The van der Waals surface area contributed by atoms with Crippen molar-refractivity contribution >= 4 is 17.7 Å². The van der Waals surface area contributed by atoms with Gasteiger partial charge in [-0.15, -0.1) is 0 Å². The Labute approximate surface area is 253 Å². The minimum absolute atomic E-state index is 0.164. The lowest BCUT2D eigenvalue weighted by molar-refractivity contribution is -0.143. The number of phenolic OH excluding ortho intramolecular Hbond substituents is 1. The summed E-state index contributed by atoms with van der Waals surface area (Å²) in [5.74, 6) is -0.843. The van der Waals surface area contributed by atoms with Crippen LogP contribution in [0.15, 0.2) is 66.7 Å². The Bertz CT molecular complexity index is 1400. The Morgan fingerprint density at radius 3 is 2.30 bits per heavy atom. The van der Waals surface area contributed by atoms with E-state index in [2.05, 4.69) is 10.6 Å². The average Bonchev–Trinajstić information content (AvgIpc) is 3.00. The summed E-state index contributed by atoms with van der Waals surface area (Å²) in [6.45, 7) is 4.83. The second-order valence-electron chi connectivity index (χ2n) is 11.4. The minimum atomic E-state index is -0.892. The summed E-state index contributed by atoms with van der Waals surface area (Å²) in [6.07, 6.45) is 2.42. The van der Waals surface area contributed by atoms with E-state index in [-0.39, 0.29) is 36.4 Å². The molecule has 0 radical (unpaired) electrons. The van der Waals surface area contributed by atoms with Crippen LogP contribution in [-0.2, 0) is 40.3 Å². The van der Waals surface area contributed by atoms with E-state index in [4.69, 9.17) is 11.5 Å². The van der Waals surface area contributed by atoms with Gasteiger partial charge < -0.3 is 32.1 Å². The number of aromatic hydroxyl groups is 1. The number of aryl methyl sites for hydroxylation is 2. The van der Waals surface area contributed by atoms with E-state index in [1.807, 2.05) is 68.4 Å². The van der Waals surface area contributed by atoms with Crippen molar-refractivity contribution in [3.05, 3.63) is 100 Å². The van der Waals surface area contributed by atoms with Gasteiger partial charge in [-0.2, -0.15) is 0 Å². The zero-order valence-corrected chi connectivity index (χ0v) is 25.0. The fourth-order valence-electron chi connectivity index (χ4n) is 5.74. The molecule has 0 saturated carbocycles. The molecule has 0 saturated heterocycles. The first kappa shape index (κ1) is 31.7. The van der Waals surface area contributed by atoms with Gasteiger partial charge in [0.25, 0.3) is 0 Å². The van der Waals surface area contributed by atoms with Crippen molar-refractivity contribution in [3.8, 4) is 5.75 Å². The standard InChI is InChI=1S/C34H43N5O4/c1-22-16-27(40)17-23(2)28(22)19-29(36)34(43)39-21-26-13-7-6-12-25(26)18-31(39)33(42)38-30(14-8-9-15-35)32(41)37-20-24-10-4-3-5-11-24/h3-7,10-13,16-17,29-31,40H,8-9,14-15,18-21,35-36H2,1-2H3,(H,37,41)(H,38,42)/t29-,30-,31?/m0/s1. The van der Waals surface area contributed by atoms with E-state index in [0.29, 0.717) is 32.4 Å². The third-order valence-corrected chi connectivity index (χ3v) is 8.15. The molecule has 9 heteroatoms. The van der Waals surface area contributed by atoms with Crippen LogP contribution in [0.5, 0.6) is 5.75 Å². The molecule has 3 aromatic rings. The quantitative estimate of drug-likeness (QED) is 0.206. The molecule has 0 bridgehead atoms. The first-order valence-corrected chi connectivity index (χ1v) is 14.9. The lowest BCUT2D eigenvalue weighted by Gasteiger charge is -2.38.